The molecule has 2 aromatic rings. The van der Waals surface area contributed by atoms with Crippen LogP contribution >= 0.6 is 0 Å². The largest absolute Gasteiger partial charge is 0.497 e. The number of methoxy groups -OCH3 is 1. The van der Waals surface area contributed by atoms with E-state index in [0.29, 0.717) is 19.6 Å². The summed E-state index contributed by atoms with van der Waals surface area (Å²) in [7, 11) is 1.60. The third-order valence-electron chi connectivity index (χ3n) is 4.79. The average molecular weight is 382 g/mol. The monoisotopic (exact) mass is 382 g/mol. The van der Waals surface area contributed by atoms with Gasteiger partial charge in [-0.1, -0.05) is 24.3 Å². The van der Waals surface area contributed by atoms with Gasteiger partial charge in [0.15, 0.2) is 0 Å². The van der Waals surface area contributed by atoms with Gasteiger partial charge in [0.1, 0.15) is 5.75 Å². The van der Waals surface area contributed by atoms with Gasteiger partial charge in [-0.05, 0) is 35.4 Å². The van der Waals surface area contributed by atoms with E-state index in [1.54, 1.807) is 24.1 Å². The first-order chi connectivity index (χ1) is 13.5. The molecule has 2 amide bonds. The second kappa shape index (κ2) is 8.56. The van der Waals surface area contributed by atoms with Crippen LogP contribution in [0.1, 0.15) is 27.9 Å². The molecule has 1 aliphatic rings. The highest BCUT2D eigenvalue weighted by atomic mass is 16.5. The van der Waals surface area contributed by atoms with Crippen molar-refractivity contribution in [3.63, 3.8) is 0 Å². The molecule has 1 heterocycles. The van der Waals surface area contributed by atoms with Gasteiger partial charge in [0.2, 0.25) is 11.8 Å². The summed E-state index contributed by atoms with van der Waals surface area (Å²) in [6.45, 7) is 1.14. The summed E-state index contributed by atoms with van der Waals surface area (Å²) >= 11 is 0. The van der Waals surface area contributed by atoms with E-state index in [1.807, 2.05) is 24.3 Å². The van der Waals surface area contributed by atoms with Crippen molar-refractivity contribution < 1.29 is 24.2 Å². The first-order valence-corrected chi connectivity index (χ1v) is 8.97. The minimum absolute atomic E-state index is 0.0400. The molecular weight excluding hydrogens is 360 g/mol. The van der Waals surface area contributed by atoms with Gasteiger partial charge in [0.05, 0.1) is 18.6 Å². The number of hydrogen-bond donors (Lipinski definition) is 2. The second-order valence-electron chi connectivity index (χ2n) is 6.74. The van der Waals surface area contributed by atoms with E-state index in [9.17, 15) is 14.4 Å². The molecule has 0 radical (unpaired) electrons. The van der Waals surface area contributed by atoms with Crippen molar-refractivity contribution in [2.75, 3.05) is 13.7 Å². The normalized spacial score (nSPS) is 16.1. The zero-order valence-electron chi connectivity index (χ0n) is 15.6. The van der Waals surface area contributed by atoms with Gasteiger partial charge in [0.25, 0.3) is 0 Å². The fraction of sp³-hybridized carbons (Fsp3) is 0.286. The molecule has 7 nitrogen and oxygen atoms in total. The van der Waals surface area contributed by atoms with Crippen molar-refractivity contribution in [3.05, 3.63) is 65.2 Å². The summed E-state index contributed by atoms with van der Waals surface area (Å²) in [5.41, 5.74) is 1.98. The predicted molar refractivity (Wildman–Crippen MR) is 102 cm³/mol. The number of carboxylic acids is 1. The maximum atomic E-state index is 12.4. The van der Waals surface area contributed by atoms with Gasteiger partial charge < -0.3 is 20.1 Å². The molecule has 1 saturated heterocycles. The number of nitrogens with zero attached hydrogens (tertiary/aromatic N) is 1. The van der Waals surface area contributed by atoms with Crippen molar-refractivity contribution in [3.8, 4) is 5.75 Å². The summed E-state index contributed by atoms with van der Waals surface area (Å²) in [5.74, 6) is -0.833. The van der Waals surface area contributed by atoms with Crippen molar-refractivity contribution in [2.45, 2.75) is 19.5 Å². The number of amides is 2. The number of carboxylic acid groups (broad SMARTS) is 1. The molecule has 0 aromatic heterocycles. The van der Waals surface area contributed by atoms with E-state index in [0.717, 1.165) is 16.9 Å². The predicted octanol–water partition coefficient (Wildman–Crippen LogP) is 2.06. The Kier molecular flexibility index (Phi) is 5.93. The molecule has 146 valence electrons. The van der Waals surface area contributed by atoms with Gasteiger partial charge in [-0.2, -0.15) is 0 Å². The van der Waals surface area contributed by atoms with Crippen LogP contribution in [0, 0.1) is 5.92 Å². The lowest BCUT2D eigenvalue weighted by Crippen LogP contribution is -2.32. The lowest BCUT2D eigenvalue weighted by molar-refractivity contribution is -0.129. The maximum absolute atomic E-state index is 12.4. The van der Waals surface area contributed by atoms with Gasteiger partial charge >= 0.3 is 5.97 Å². The molecule has 1 atom stereocenters. The Balaban J connectivity index is 1.52. The summed E-state index contributed by atoms with van der Waals surface area (Å²) in [6.07, 6.45) is 0.194. The zero-order valence-corrected chi connectivity index (χ0v) is 15.6. The van der Waals surface area contributed by atoms with E-state index in [1.165, 1.54) is 12.1 Å². The number of nitrogens with one attached hydrogen (secondary N) is 1. The molecule has 0 bridgehead atoms. The average Bonchev–Trinajstić information content (AvgIpc) is 3.07. The Labute approximate surface area is 162 Å². The molecule has 28 heavy (non-hydrogen) atoms. The van der Waals surface area contributed by atoms with Crippen LogP contribution in [0.5, 0.6) is 5.75 Å². The van der Waals surface area contributed by atoms with Crippen LogP contribution in [-0.4, -0.2) is 41.4 Å². The zero-order chi connectivity index (χ0) is 20.1. The number of ether oxygens (including phenoxy) is 1. The summed E-state index contributed by atoms with van der Waals surface area (Å²) in [4.78, 5) is 37.2. The van der Waals surface area contributed by atoms with Crippen molar-refractivity contribution in [1.82, 2.24) is 10.2 Å². The lowest BCUT2D eigenvalue weighted by atomic mass is 10.1. The fourth-order valence-corrected chi connectivity index (χ4v) is 3.15. The minimum atomic E-state index is -0.989. The first kappa shape index (κ1) is 19.4. The number of carbonyl (C=O) groups is 3. The minimum Gasteiger partial charge on any atom is -0.497 e. The molecule has 2 aromatic carbocycles. The van der Waals surface area contributed by atoms with Crippen LogP contribution in [0.2, 0.25) is 0 Å². The number of rotatable bonds is 7. The highest BCUT2D eigenvalue weighted by Crippen LogP contribution is 2.21. The van der Waals surface area contributed by atoms with E-state index in [-0.39, 0.29) is 29.7 Å². The van der Waals surface area contributed by atoms with E-state index in [2.05, 4.69) is 5.32 Å². The molecular formula is C21H22N2O5. The summed E-state index contributed by atoms with van der Waals surface area (Å²) in [5, 5.41) is 11.7. The van der Waals surface area contributed by atoms with E-state index in [4.69, 9.17) is 9.84 Å². The van der Waals surface area contributed by atoms with Crippen molar-refractivity contribution in [2.24, 2.45) is 5.92 Å². The third-order valence-corrected chi connectivity index (χ3v) is 4.79. The molecule has 0 aliphatic carbocycles. The molecule has 1 fully saturated rings. The molecule has 2 N–H and O–H groups in total. The molecule has 0 unspecified atom stereocenters. The van der Waals surface area contributed by atoms with Crippen LogP contribution < -0.4 is 10.1 Å². The number of benzene rings is 2. The van der Waals surface area contributed by atoms with Gasteiger partial charge in [-0.3, -0.25) is 9.59 Å². The molecule has 3 rings (SSSR count). The lowest BCUT2D eigenvalue weighted by Gasteiger charge is -2.17. The number of carbonyl (C=O) groups excluding carboxylic acids is 2. The van der Waals surface area contributed by atoms with E-state index < -0.39 is 5.97 Å². The summed E-state index contributed by atoms with van der Waals surface area (Å²) < 4.78 is 5.13. The highest BCUT2D eigenvalue weighted by molar-refractivity contribution is 5.89. The Hall–Kier alpha value is -3.35. The Morgan fingerprint density at radius 2 is 1.75 bits per heavy atom. The number of likely N-dealkylation sites (tertiary alicyclic amines) is 1. The van der Waals surface area contributed by atoms with Crippen LogP contribution in [-0.2, 0) is 22.7 Å². The Bertz CT molecular complexity index is 861. The molecule has 0 saturated carbocycles. The highest BCUT2D eigenvalue weighted by Gasteiger charge is 2.34. The third kappa shape index (κ3) is 4.68. The van der Waals surface area contributed by atoms with Gasteiger partial charge in [0, 0.05) is 26.1 Å². The SMILES string of the molecule is COc1ccc(CN2C[C@@H](C(=O)NCc3ccc(C(=O)O)cc3)CC2=O)cc1. The second-order valence-corrected chi connectivity index (χ2v) is 6.74. The van der Waals surface area contributed by atoms with Crippen molar-refractivity contribution >= 4 is 17.8 Å². The van der Waals surface area contributed by atoms with Crippen molar-refractivity contribution in [1.29, 1.82) is 0 Å². The van der Waals surface area contributed by atoms with E-state index >= 15 is 0 Å². The molecule has 0 spiro atoms. The standard InChI is InChI=1S/C21H22N2O5/c1-28-18-8-4-15(5-9-18)12-23-13-17(10-19(23)24)20(25)22-11-14-2-6-16(7-3-14)21(26)27/h2-9,17H,10-13H2,1H3,(H,22,25)(H,26,27)/t17-/m0/s1. The number of hydrogen-bond acceptors (Lipinski definition) is 4. The molecule has 7 heteroatoms. The number of aromatic carboxylic acids is 1. The first-order valence-electron chi connectivity index (χ1n) is 8.97. The summed E-state index contributed by atoms with van der Waals surface area (Å²) in [6, 6.07) is 13.8. The van der Waals surface area contributed by atoms with Gasteiger partial charge in [-0.25, -0.2) is 4.79 Å². The van der Waals surface area contributed by atoms with Crippen LogP contribution in [0.3, 0.4) is 0 Å². The molecule has 1 aliphatic heterocycles. The van der Waals surface area contributed by atoms with Crippen LogP contribution in [0.15, 0.2) is 48.5 Å². The quantitative estimate of drug-likeness (QED) is 0.764. The van der Waals surface area contributed by atoms with Crippen LogP contribution in [0.25, 0.3) is 0 Å². The topological polar surface area (TPSA) is 95.9 Å². The van der Waals surface area contributed by atoms with Crippen LogP contribution in [0.4, 0.5) is 0 Å². The van der Waals surface area contributed by atoms with Gasteiger partial charge in [-0.15, -0.1) is 0 Å². The maximum Gasteiger partial charge on any atom is 0.335 e. The Morgan fingerprint density at radius 1 is 1.11 bits per heavy atom. The smallest absolute Gasteiger partial charge is 0.335 e. The fourth-order valence-electron chi connectivity index (χ4n) is 3.15. The Morgan fingerprint density at radius 3 is 2.36 bits per heavy atom.